The largest absolute Gasteiger partial charge is 0.415 e. The average molecular weight is 566 g/mol. The lowest BCUT2D eigenvalue weighted by molar-refractivity contribution is -0.948. The number of aryl methyl sites for hydroxylation is 2. The fourth-order valence-electron chi connectivity index (χ4n) is 7.31. The van der Waals surface area contributed by atoms with E-state index in [0.29, 0.717) is 29.8 Å². The second-order valence-electron chi connectivity index (χ2n) is 12.9. The minimum absolute atomic E-state index is 0.0898. The van der Waals surface area contributed by atoms with Crippen molar-refractivity contribution in [3.8, 4) is 0 Å². The van der Waals surface area contributed by atoms with Gasteiger partial charge < -0.3 is 9.26 Å². The van der Waals surface area contributed by atoms with Crippen molar-refractivity contribution in [3.63, 3.8) is 0 Å². The lowest BCUT2D eigenvalue weighted by Gasteiger charge is -2.43. The van der Waals surface area contributed by atoms with E-state index >= 15 is 0 Å². The molecule has 3 aromatic rings. The summed E-state index contributed by atoms with van der Waals surface area (Å²) in [4.78, 5) is 31.6. The fourth-order valence-corrected chi connectivity index (χ4v) is 7.31. The van der Waals surface area contributed by atoms with Crippen LogP contribution in [0.15, 0.2) is 27.5 Å². The Bertz CT molecular complexity index is 1480. The molecule has 8 nitrogen and oxygen atoms in total. The number of halogens is 1. The van der Waals surface area contributed by atoms with Gasteiger partial charge in [-0.25, -0.2) is 9.37 Å². The Kier molecular flexibility index (Phi) is 7.74. The van der Waals surface area contributed by atoms with E-state index in [9.17, 15) is 14.0 Å². The zero-order valence-electron chi connectivity index (χ0n) is 24.4. The highest BCUT2D eigenvalue weighted by Crippen LogP contribution is 2.38. The SMILES string of the molecule is Cc1nc2n(c(=O)c1CC[N+]1(COC(=O)C3(C)CCCCC3)CCC(c3noc4cc(F)ccc34)CC1)CCCC2. The molecule has 9 heteroatoms. The van der Waals surface area contributed by atoms with Gasteiger partial charge in [0, 0.05) is 60.9 Å². The summed E-state index contributed by atoms with van der Waals surface area (Å²) >= 11 is 0. The minimum atomic E-state index is -0.409. The molecule has 4 heterocycles. The van der Waals surface area contributed by atoms with Gasteiger partial charge in [-0.1, -0.05) is 24.4 Å². The standard InChI is InChI=1S/C32H42FN4O4/c1-22-25(30(38)36-16-7-4-8-28(36)34-22)13-19-37(21-40-31(39)32(2)14-5-3-6-15-32)17-11-23(12-18-37)29-26-10-9-24(33)20-27(26)41-35-29/h9-10,20,23H,3-8,11-19,21H2,1-2H3/q+1. The van der Waals surface area contributed by atoms with Crippen molar-refractivity contribution in [2.45, 2.75) is 96.9 Å². The van der Waals surface area contributed by atoms with Crippen LogP contribution in [0, 0.1) is 18.2 Å². The van der Waals surface area contributed by atoms with Crippen molar-refractivity contribution < 1.29 is 22.9 Å². The number of hydrogen-bond acceptors (Lipinski definition) is 6. The summed E-state index contributed by atoms with van der Waals surface area (Å²) < 4.78 is 27.8. The third-order valence-corrected chi connectivity index (χ3v) is 10.1. The molecular formula is C32H42FN4O4+. The van der Waals surface area contributed by atoms with Crippen LogP contribution in [-0.2, 0) is 28.9 Å². The number of piperidine rings is 1. The Labute approximate surface area is 240 Å². The number of rotatable bonds is 7. The van der Waals surface area contributed by atoms with Gasteiger partial charge >= 0.3 is 5.97 Å². The number of ether oxygens (including phenoxy) is 1. The summed E-state index contributed by atoms with van der Waals surface area (Å²) in [6.07, 6.45) is 10.3. The number of likely N-dealkylation sites (tertiary alicyclic amines) is 1. The molecule has 0 bridgehead atoms. The van der Waals surface area contributed by atoms with Crippen LogP contribution in [0.1, 0.15) is 93.4 Å². The molecule has 41 heavy (non-hydrogen) atoms. The molecule has 0 atom stereocenters. The van der Waals surface area contributed by atoms with Crippen LogP contribution < -0.4 is 5.56 Å². The molecule has 0 spiro atoms. The van der Waals surface area contributed by atoms with Gasteiger partial charge in [-0.2, -0.15) is 0 Å². The Morgan fingerprint density at radius 3 is 2.73 bits per heavy atom. The lowest BCUT2D eigenvalue weighted by atomic mass is 9.76. The minimum Gasteiger partial charge on any atom is -0.415 e. The van der Waals surface area contributed by atoms with E-state index in [1.165, 1.54) is 18.6 Å². The van der Waals surface area contributed by atoms with Crippen LogP contribution in [0.2, 0.25) is 0 Å². The predicted molar refractivity (Wildman–Crippen MR) is 153 cm³/mol. The Balaban J connectivity index is 1.22. The van der Waals surface area contributed by atoms with Crippen molar-refractivity contribution in [2.24, 2.45) is 5.41 Å². The van der Waals surface area contributed by atoms with Gasteiger partial charge in [0.1, 0.15) is 11.6 Å². The second-order valence-corrected chi connectivity index (χ2v) is 12.9. The molecule has 220 valence electrons. The van der Waals surface area contributed by atoms with E-state index in [2.05, 4.69) is 5.16 Å². The van der Waals surface area contributed by atoms with Gasteiger partial charge in [0.25, 0.3) is 5.56 Å². The Morgan fingerprint density at radius 2 is 1.95 bits per heavy atom. The normalized spacial score (nSPS) is 24.2. The molecule has 6 rings (SSSR count). The van der Waals surface area contributed by atoms with Gasteiger partial charge in [-0.3, -0.25) is 18.6 Å². The average Bonchev–Trinajstić information content (AvgIpc) is 3.39. The molecule has 3 aliphatic rings. The molecule has 0 radical (unpaired) electrons. The summed E-state index contributed by atoms with van der Waals surface area (Å²) in [5.74, 6) is 0.655. The zero-order valence-corrected chi connectivity index (χ0v) is 24.4. The number of fused-ring (bicyclic) bond motifs is 2. The van der Waals surface area contributed by atoms with E-state index in [1.807, 2.05) is 18.4 Å². The van der Waals surface area contributed by atoms with E-state index in [-0.39, 0.29) is 23.3 Å². The van der Waals surface area contributed by atoms with Crippen LogP contribution in [0.25, 0.3) is 11.0 Å². The van der Waals surface area contributed by atoms with Crippen LogP contribution in [0.5, 0.6) is 0 Å². The molecule has 1 aromatic carbocycles. The summed E-state index contributed by atoms with van der Waals surface area (Å²) in [6.45, 7) is 7.34. The molecule has 1 aliphatic carbocycles. The summed E-state index contributed by atoms with van der Waals surface area (Å²) in [5.41, 5.74) is 2.63. The van der Waals surface area contributed by atoms with Gasteiger partial charge in [0.2, 0.25) is 6.73 Å². The topological polar surface area (TPSA) is 87.2 Å². The number of esters is 1. The van der Waals surface area contributed by atoms with Gasteiger partial charge in [-0.05, 0) is 51.7 Å². The molecule has 2 aliphatic heterocycles. The highest BCUT2D eigenvalue weighted by molar-refractivity contribution is 5.80. The lowest BCUT2D eigenvalue weighted by Crippen LogP contribution is -2.56. The van der Waals surface area contributed by atoms with E-state index < -0.39 is 5.41 Å². The first-order chi connectivity index (χ1) is 19.8. The maximum absolute atomic E-state index is 13.7. The highest BCUT2D eigenvalue weighted by Gasteiger charge is 2.41. The van der Waals surface area contributed by atoms with E-state index in [0.717, 1.165) is 106 Å². The number of benzene rings is 1. The Hall–Kier alpha value is -3.07. The van der Waals surface area contributed by atoms with Crippen LogP contribution >= 0.6 is 0 Å². The summed E-state index contributed by atoms with van der Waals surface area (Å²) in [6, 6.07) is 4.58. The number of nitrogens with zero attached hydrogens (tertiary/aromatic N) is 4. The molecule has 1 saturated heterocycles. The van der Waals surface area contributed by atoms with Crippen molar-refractivity contribution >= 4 is 16.9 Å². The number of carbonyl (C=O) groups is 1. The molecule has 1 saturated carbocycles. The number of quaternary nitrogens is 1. The van der Waals surface area contributed by atoms with E-state index in [1.54, 1.807) is 6.07 Å². The molecule has 0 unspecified atom stereocenters. The smallest absolute Gasteiger partial charge is 0.316 e. The molecule has 0 N–H and O–H groups in total. The predicted octanol–water partition coefficient (Wildman–Crippen LogP) is 5.58. The van der Waals surface area contributed by atoms with Crippen molar-refractivity contribution in [2.75, 3.05) is 26.4 Å². The summed E-state index contributed by atoms with van der Waals surface area (Å²) in [7, 11) is 0. The maximum Gasteiger partial charge on any atom is 0.316 e. The Morgan fingerprint density at radius 1 is 1.17 bits per heavy atom. The second kappa shape index (κ2) is 11.3. The molecule has 2 aromatic heterocycles. The first-order valence-corrected chi connectivity index (χ1v) is 15.4. The zero-order chi connectivity index (χ0) is 28.6. The summed E-state index contributed by atoms with van der Waals surface area (Å²) in [5, 5.41) is 5.18. The monoisotopic (exact) mass is 565 g/mol. The third-order valence-electron chi connectivity index (χ3n) is 10.1. The van der Waals surface area contributed by atoms with Crippen LogP contribution in [0.4, 0.5) is 4.39 Å². The number of aromatic nitrogens is 3. The molecule has 2 fully saturated rings. The number of hydrogen-bond donors (Lipinski definition) is 0. The quantitative estimate of drug-likeness (QED) is 0.275. The van der Waals surface area contributed by atoms with Crippen molar-refractivity contribution in [1.82, 2.24) is 14.7 Å². The van der Waals surface area contributed by atoms with Gasteiger partial charge in [-0.15, -0.1) is 0 Å². The van der Waals surface area contributed by atoms with Gasteiger partial charge in [0.15, 0.2) is 5.58 Å². The van der Waals surface area contributed by atoms with Crippen LogP contribution in [-0.4, -0.2) is 51.5 Å². The first kappa shape index (κ1) is 28.1. The van der Waals surface area contributed by atoms with Crippen molar-refractivity contribution in [1.29, 1.82) is 0 Å². The highest BCUT2D eigenvalue weighted by atomic mass is 19.1. The van der Waals surface area contributed by atoms with Gasteiger partial charge in [0.05, 0.1) is 30.7 Å². The third kappa shape index (κ3) is 5.57. The fraction of sp³-hybridized carbons (Fsp3) is 0.625. The van der Waals surface area contributed by atoms with E-state index in [4.69, 9.17) is 14.2 Å². The first-order valence-electron chi connectivity index (χ1n) is 15.4. The number of carbonyl (C=O) groups excluding carboxylic acids is 1. The molecule has 0 amide bonds. The van der Waals surface area contributed by atoms with Crippen molar-refractivity contribution in [3.05, 3.63) is 57.1 Å². The van der Waals surface area contributed by atoms with Crippen LogP contribution in [0.3, 0.4) is 0 Å². The maximum atomic E-state index is 13.7. The molecular weight excluding hydrogens is 523 g/mol.